The van der Waals surface area contributed by atoms with Gasteiger partial charge in [-0.1, -0.05) is 24.3 Å². The van der Waals surface area contributed by atoms with Gasteiger partial charge in [-0.3, -0.25) is 0 Å². The Morgan fingerprint density at radius 2 is 2.08 bits per heavy atom. The van der Waals surface area contributed by atoms with Crippen molar-refractivity contribution in [3.8, 4) is 0 Å². The maximum Gasteiger partial charge on any atom is 0.513 e. The number of rotatable bonds is 3. The molecule has 6 heteroatoms. The van der Waals surface area contributed by atoms with Crippen LogP contribution in [-0.2, 0) is 19.0 Å². The van der Waals surface area contributed by atoms with Gasteiger partial charge in [0.1, 0.15) is 12.4 Å². The molecule has 2 heterocycles. The van der Waals surface area contributed by atoms with Crippen molar-refractivity contribution in [3.05, 3.63) is 58.1 Å². The molecular formula is C18H19NO5. The molecule has 2 aliphatic rings. The van der Waals surface area contributed by atoms with E-state index >= 15 is 0 Å². The smallest absolute Gasteiger partial charge is 0.456 e. The van der Waals surface area contributed by atoms with Crippen LogP contribution in [0, 0.1) is 6.92 Å². The largest absolute Gasteiger partial charge is 0.513 e. The minimum atomic E-state index is -0.789. The number of nitrogens with one attached hydrogen (secondary N) is 1. The Labute approximate surface area is 140 Å². The minimum Gasteiger partial charge on any atom is -0.456 e. The van der Waals surface area contributed by atoms with Crippen molar-refractivity contribution in [2.24, 2.45) is 0 Å². The van der Waals surface area contributed by atoms with Crippen LogP contribution in [0.4, 0.5) is 4.79 Å². The molecule has 2 aliphatic heterocycles. The van der Waals surface area contributed by atoms with E-state index in [1.807, 2.05) is 31.2 Å². The van der Waals surface area contributed by atoms with Crippen LogP contribution in [0.1, 0.15) is 30.9 Å². The number of esters is 1. The highest BCUT2D eigenvalue weighted by molar-refractivity contribution is 5.95. The van der Waals surface area contributed by atoms with Gasteiger partial charge in [0.2, 0.25) is 0 Å². The summed E-state index contributed by atoms with van der Waals surface area (Å²) in [5.41, 5.74) is 3.74. The molecule has 1 aromatic carbocycles. The van der Waals surface area contributed by atoms with Crippen molar-refractivity contribution < 1.29 is 23.8 Å². The van der Waals surface area contributed by atoms with Gasteiger partial charge in [0.15, 0.2) is 0 Å². The van der Waals surface area contributed by atoms with Gasteiger partial charge in [0.25, 0.3) is 0 Å². The van der Waals surface area contributed by atoms with Crippen LogP contribution in [0.15, 0.2) is 47.0 Å². The third kappa shape index (κ3) is 2.75. The molecule has 0 amide bonds. The first-order chi connectivity index (χ1) is 11.5. The lowest BCUT2D eigenvalue weighted by molar-refractivity contribution is -0.136. The van der Waals surface area contributed by atoms with Gasteiger partial charge in [0, 0.05) is 0 Å². The number of carbonyl (C=O) groups excluding carboxylic acids is 2. The van der Waals surface area contributed by atoms with Crippen molar-refractivity contribution >= 4 is 12.1 Å². The summed E-state index contributed by atoms with van der Waals surface area (Å²) >= 11 is 0. The van der Waals surface area contributed by atoms with E-state index in [1.165, 1.54) is 0 Å². The van der Waals surface area contributed by atoms with Crippen molar-refractivity contribution in [2.45, 2.75) is 26.7 Å². The molecule has 0 fully saturated rings. The summed E-state index contributed by atoms with van der Waals surface area (Å²) in [6.07, 6.45) is -0.789. The lowest BCUT2D eigenvalue weighted by Crippen LogP contribution is -2.28. The fraction of sp³-hybridized carbons (Fsp3) is 0.333. The van der Waals surface area contributed by atoms with Gasteiger partial charge >= 0.3 is 12.1 Å². The third-order valence-electron chi connectivity index (χ3n) is 4.11. The molecule has 0 saturated carbocycles. The molecule has 1 aromatic rings. The van der Waals surface area contributed by atoms with E-state index < -0.39 is 18.0 Å². The number of aryl methyl sites for hydroxylation is 1. The SMILES string of the molecule is CCOC(=O)OC1=C(C)NC2=C(C(=O)OC2)C1c1ccccc1C. The molecular weight excluding hydrogens is 310 g/mol. The lowest BCUT2D eigenvalue weighted by Gasteiger charge is -2.28. The number of ether oxygens (including phenoxy) is 3. The molecule has 24 heavy (non-hydrogen) atoms. The average Bonchev–Trinajstić information content (AvgIpc) is 2.90. The molecule has 0 aliphatic carbocycles. The maximum absolute atomic E-state index is 12.3. The summed E-state index contributed by atoms with van der Waals surface area (Å²) < 4.78 is 15.5. The van der Waals surface area contributed by atoms with Crippen molar-refractivity contribution in [1.82, 2.24) is 5.32 Å². The molecule has 1 unspecified atom stereocenters. The number of hydrogen-bond donors (Lipinski definition) is 1. The molecule has 126 valence electrons. The zero-order valence-corrected chi connectivity index (χ0v) is 13.8. The number of hydrogen-bond acceptors (Lipinski definition) is 6. The van der Waals surface area contributed by atoms with E-state index in [-0.39, 0.29) is 13.2 Å². The standard InChI is InChI=1S/C18H19NO5/c1-4-22-18(21)24-16-11(3)19-13-9-23-17(20)15(13)14(16)12-8-6-5-7-10(12)2/h5-8,14,19H,4,9H2,1-3H3. The molecule has 6 nitrogen and oxygen atoms in total. The molecule has 0 bridgehead atoms. The van der Waals surface area contributed by atoms with Crippen molar-refractivity contribution in [3.63, 3.8) is 0 Å². The van der Waals surface area contributed by atoms with Crippen LogP contribution in [0.25, 0.3) is 0 Å². The summed E-state index contributed by atoms with van der Waals surface area (Å²) in [7, 11) is 0. The number of cyclic esters (lactones) is 1. The molecule has 0 radical (unpaired) electrons. The molecule has 1 atom stereocenters. The van der Waals surface area contributed by atoms with Gasteiger partial charge in [-0.05, 0) is 31.9 Å². The van der Waals surface area contributed by atoms with Gasteiger partial charge in [-0.15, -0.1) is 0 Å². The monoisotopic (exact) mass is 329 g/mol. The number of benzene rings is 1. The van der Waals surface area contributed by atoms with E-state index in [1.54, 1.807) is 13.8 Å². The highest BCUT2D eigenvalue weighted by Crippen LogP contribution is 2.42. The molecule has 3 rings (SSSR count). The second kappa shape index (κ2) is 6.39. The van der Waals surface area contributed by atoms with Crippen LogP contribution >= 0.6 is 0 Å². The summed E-state index contributed by atoms with van der Waals surface area (Å²) in [6, 6.07) is 7.69. The van der Waals surface area contributed by atoms with Crippen LogP contribution in [0.2, 0.25) is 0 Å². The zero-order valence-electron chi connectivity index (χ0n) is 13.8. The Morgan fingerprint density at radius 1 is 1.33 bits per heavy atom. The first-order valence-corrected chi connectivity index (χ1v) is 7.81. The molecule has 0 aromatic heterocycles. The van der Waals surface area contributed by atoms with Crippen LogP contribution in [-0.4, -0.2) is 25.3 Å². The van der Waals surface area contributed by atoms with Crippen LogP contribution in [0.3, 0.4) is 0 Å². The van der Waals surface area contributed by atoms with E-state index in [9.17, 15) is 9.59 Å². The number of allylic oxidation sites excluding steroid dienone is 2. The fourth-order valence-electron chi connectivity index (χ4n) is 3.03. The number of dihydropyridines is 1. The molecule has 1 N–H and O–H groups in total. The summed E-state index contributed by atoms with van der Waals surface area (Å²) in [6.45, 7) is 5.86. The van der Waals surface area contributed by atoms with E-state index in [4.69, 9.17) is 14.2 Å². The highest BCUT2D eigenvalue weighted by atomic mass is 16.7. The van der Waals surface area contributed by atoms with Gasteiger partial charge in [-0.25, -0.2) is 9.59 Å². The molecule has 0 spiro atoms. The normalized spacial score (nSPS) is 19.6. The predicted octanol–water partition coefficient (Wildman–Crippen LogP) is 2.90. The maximum atomic E-state index is 12.3. The predicted molar refractivity (Wildman–Crippen MR) is 85.8 cm³/mol. The second-order valence-electron chi connectivity index (χ2n) is 5.66. The average molecular weight is 329 g/mol. The topological polar surface area (TPSA) is 73.9 Å². The lowest BCUT2D eigenvalue weighted by atomic mass is 9.83. The fourth-order valence-corrected chi connectivity index (χ4v) is 3.03. The summed E-state index contributed by atoms with van der Waals surface area (Å²) in [5.74, 6) is -0.537. The second-order valence-corrected chi connectivity index (χ2v) is 5.66. The van der Waals surface area contributed by atoms with E-state index in [0.29, 0.717) is 22.7 Å². The zero-order chi connectivity index (χ0) is 17.3. The van der Waals surface area contributed by atoms with Crippen molar-refractivity contribution in [1.29, 1.82) is 0 Å². The minimum absolute atomic E-state index is 0.195. The Morgan fingerprint density at radius 3 is 2.79 bits per heavy atom. The summed E-state index contributed by atoms with van der Waals surface area (Å²) in [4.78, 5) is 24.1. The van der Waals surface area contributed by atoms with E-state index in [2.05, 4.69) is 5.32 Å². The Bertz CT molecular complexity index is 762. The van der Waals surface area contributed by atoms with Gasteiger partial charge < -0.3 is 19.5 Å². The van der Waals surface area contributed by atoms with Gasteiger partial charge in [0.05, 0.1) is 29.5 Å². The highest BCUT2D eigenvalue weighted by Gasteiger charge is 2.41. The van der Waals surface area contributed by atoms with Crippen molar-refractivity contribution in [2.75, 3.05) is 13.2 Å². The van der Waals surface area contributed by atoms with Crippen LogP contribution in [0.5, 0.6) is 0 Å². The summed E-state index contributed by atoms with van der Waals surface area (Å²) in [5, 5.41) is 3.11. The first kappa shape index (κ1) is 16.1. The Kier molecular flexibility index (Phi) is 4.29. The Balaban J connectivity index is 2.08. The first-order valence-electron chi connectivity index (χ1n) is 7.81. The van der Waals surface area contributed by atoms with E-state index in [0.717, 1.165) is 11.1 Å². The Hall–Kier alpha value is -2.76. The third-order valence-corrected chi connectivity index (χ3v) is 4.11. The van der Waals surface area contributed by atoms with Crippen LogP contribution < -0.4 is 5.32 Å². The number of carbonyl (C=O) groups is 2. The van der Waals surface area contributed by atoms with Gasteiger partial charge in [-0.2, -0.15) is 0 Å². The molecule has 0 saturated heterocycles. The quantitative estimate of drug-likeness (QED) is 0.860.